The molecule has 4 unspecified atom stereocenters. The van der Waals surface area contributed by atoms with Crippen molar-refractivity contribution < 1.29 is 0 Å². The summed E-state index contributed by atoms with van der Waals surface area (Å²) in [5.41, 5.74) is 8.01. The molecule has 0 saturated carbocycles. The molecule has 0 radical (unpaired) electrons. The standard InChI is InChI=1S/C38H42N2/c1-29-11-9-17-37(27-29)39(33-13-5-3-6-14-33)35-23-19-31(20-24-35)32-21-25-36(26-22-32)40(34-15-7-4-8-16-34)38-18-10-12-30(2)28-38/h3-9,11-16,19,21,23,25-28,31-32,35,37H,10,17-18,20,22,24H2,1-2H3. The second-order valence-electron chi connectivity index (χ2n) is 11.7. The number of para-hydroxylation sites is 2. The van der Waals surface area contributed by atoms with E-state index in [0.29, 0.717) is 23.9 Å². The van der Waals surface area contributed by atoms with E-state index in [4.69, 9.17) is 0 Å². The first-order valence-electron chi connectivity index (χ1n) is 15.1. The zero-order valence-corrected chi connectivity index (χ0v) is 24.0. The minimum absolute atomic E-state index is 0.412. The lowest BCUT2D eigenvalue weighted by atomic mass is 9.79. The minimum Gasteiger partial charge on any atom is -0.358 e. The van der Waals surface area contributed by atoms with Gasteiger partial charge in [0.1, 0.15) is 0 Å². The zero-order chi connectivity index (χ0) is 27.3. The first-order valence-corrected chi connectivity index (χ1v) is 15.1. The van der Waals surface area contributed by atoms with Crippen LogP contribution >= 0.6 is 0 Å². The Balaban J connectivity index is 1.18. The Hall–Kier alpha value is -3.78. The maximum atomic E-state index is 2.65. The highest BCUT2D eigenvalue weighted by molar-refractivity contribution is 5.62. The van der Waals surface area contributed by atoms with Crippen LogP contribution in [0, 0.1) is 11.8 Å². The van der Waals surface area contributed by atoms with Gasteiger partial charge in [0.2, 0.25) is 0 Å². The average molecular weight is 527 g/mol. The molecular weight excluding hydrogens is 484 g/mol. The topological polar surface area (TPSA) is 6.48 Å². The molecule has 0 heterocycles. The summed E-state index contributed by atoms with van der Waals surface area (Å²) >= 11 is 0. The normalized spacial score (nSPS) is 25.9. The van der Waals surface area contributed by atoms with Crippen molar-refractivity contribution in [2.45, 2.75) is 64.5 Å². The summed E-state index contributed by atoms with van der Waals surface area (Å²) in [6.45, 7) is 4.44. The van der Waals surface area contributed by atoms with Gasteiger partial charge < -0.3 is 9.80 Å². The van der Waals surface area contributed by atoms with Crippen LogP contribution in [-0.4, -0.2) is 12.1 Å². The summed E-state index contributed by atoms with van der Waals surface area (Å²) in [7, 11) is 0. The lowest BCUT2D eigenvalue weighted by molar-refractivity contribution is 0.395. The average Bonchev–Trinajstić information content (AvgIpc) is 3.00. The molecule has 0 aliphatic heterocycles. The fourth-order valence-electron chi connectivity index (χ4n) is 6.84. The Morgan fingerprint density at radius 3 is 2.10 bits per heavy atom. The molecule has 0 bridgehead atoms. The zero-order valence-electron chi connectivity index (χ0n) is 24.0. The summed E-state index contributed by atoms with van der Waals surface area (Å²) in [6.07, 6.45) is 30.9. The number of anilines is 2. The molecule has 0 aromatic heterocycles. The maximum absolute atomic E-state index is 2.65. The fraction of sp³-hybridized carbons (Fsp3) is 0.316. The van der Waals surface area contributed by atoms with E-state index in [1.54, 1.807) is 0 Å². The summed E-state index contributed by atoms with van der Waals surface area (Å²) in [5, 5.41) is 0. The summed E-state index contributed by atoms with van der Waals surface area (Å²) in [6, 6.07) is 22.7. The van der Waals surface area contributed by atoms with Crippen molar-refractivity contribution in [3.8, 4) is 0 Å². The van der Waals surface area contributed by atoms with Crippen LogP contribution in [0.5, 0.6) is 0 Å². The van der Waals surface area contributed by atoms with Gasteiger partial charge in [-0.15, -0.1) is 0 Å². The minimum atomic E-state index is 0.412. The molecule has 40 heavy (non-hydrogen) atoms. The molecule has 0 saturated heterocycles. The van der Waals surface area contributed by atoms with Gasteiger partial charge in [-0.25, -0.2) is 0 Å². The number of hydrogen-bond donors (Lipinski definition) is 0. The third-order valence-corrected chi connectivity index (χ3v) is 8.84. The quantitative estimate of drug-likeness (QED) is 0.331. The molecule has 2 heteroatoms. The highest BCUT2D eigenvalue weighted by Gasteiger charge is 2.30. The van der Waals surface area contributed by atoms with Gasteiger partial charge in [0.25, 0.3) is 0 Å². The van der Waals surface area contributed by atoms with Crippen LogP contribution in [0.15, 0.2) is 144 Å². The largest absolute Gasteiger partial charge is 0.358 e. The number of allylic oxidation sites excluding steroid dienone is 10. The highest BCUT2D eigenvalue weighted by Crippen LogP contribution is 2.38. The van der Waals surface area contributed by atoms with Crippen molar-refractivity contribution >= 4 is 11.4 Å². The van der Waals surface area contributed by atoms with E-state index in [0.717, 1.165) is 25.7 Å². The van der Waals surface area contributed by atoms with Crippen LogP contribution in [0.1, 0.15) is 52.4 Å². The van der Waals surface area contributed by atoms with E-state index in [1.807, 2.05) is 0 Å². The fourth-order valence-corrected chi connectivity index (χ4v) is 6.84. The molecule has 0 amide bonds. The SMILES string of the molecule is CC1=CCCC(N(C2=CCC(C3C=CC(N(c4ccccc4)C4C=C(C)C=CC4)CC3)C=C2)c2ccccc2)=C1. The number of rotatable bonds is 7. The second-order valence-corrected chi connectivity index (χ2v) is 11.7. The molecule has 0 spiro atoms. The molecule has 204 valence electrons. The van der Waals surface area contributed by atoms with E-state index in [9.17, 15) is 0 Å². The van der Waals surface area contributed by atoms with Crippen LogP contribution < -0.4 is 9.80 Å². The van der Waals surface area contributed by atoms with Crippen molar-refractivity contribution in [3.63, 3.8) is 0 Å². The van der Waals surface area contributed by atoms with Crippen LogP contribution in [0.2, 0.25) is 0 Å². The predicted octanol–water partition coefficient (Wildman–Crippen LogP) is 9.69. The van der Waals surface area contributed by atoms with Gasteiger partial charge >= 0.3 is 0 Å². The van der Waals surface area contributed by atoms with Gasteiger partial charge in [-0.1, -0.05) is 96.2 Å². The summed E-state index contributed by atoms with van der Waals surface area (Å²) in [5.74, 6) is 1.15. The number of nitrogens with zero attached hydrogens (tertiary/aromatic N) is 2. The Morgan fingerprint density at radius 1 is 0.675 bits per heavy atom. The maximum Gasteiger partial charge on any atom is 0.0519 e. The van der Waals surface area contributed by atoms with Crippen LogP contribution in [0.4, 0.5) is 11.4 Å². The molecule has 0 fully saturated rings. The van der Waals surface area contributed by atoms with Gasteiger partial charge in [-0.05, 0) is 101 Å². The van der Waals surface area contributed by atoms with Crippen molar-refractivity contribution in [2.75, 3.05) is 9.80 Å². The number of hydrogen-bond acceptors (Lipinski definition) is 2. The number of benzene rings is 2. The predicted molar refractivity (Wildman–Crippen MR) is 171 cm³/mol. The second kappa shape index (κ2) is 12.2. The van der Waals surface area contributed by atoms with Gasteiger partial charge in [-0.3, -0.25) is 0 Å². The monoisotopic (exact) mass is 526 g/mol. The van der Waals surface area contributed by atoms with Crippen LogP contribution in [0.25, 0.3) is 0 Å². The molecule has 4 aliphatic rings. The summed E-state index contributed by atoms with van der Waals surface area (Å²) in [4.78, 5) is 5.13. The first-order chi connectivity index (χ1) is 19.7. The molecule has 2 nitrogen and oxygen atoms in total. The van der Waals surface area contributed by atoms with Gasteiger partial charge in [-0.2, -0.15) is 0 Å². The summed E-state index contributed by atoms with van der Waals surface area (Å²) < 4.78 is 0. The smallest absolute Gasteiger partial charge is 0.0519 e. The lowest BCUT2D eigenvalue weighted by Crippen LogP contribution is -2.43. The first kappa shape index (κ1) is 26.4. The Bertz CT molecular complexity index is 1390. The van der Waals surface area contributed by atoms with Crippen molar-refractivity contribution in [2.24, 2.45) is 11.8 Å². The third-order valence-electron chi connectivity index (χ3n) is 8.84. The lowest BCUT2D eigenvalue weighted by Gasteiger charge is -2.41. The Labute approximate surface area is 241 Å². The van der Waals surface area contributed by atoms with E-state index in [2.05, 4.69) is 145 Å². The van der Waals surface area contributed by atoms with Crippen molar-refractivity contribution in [3.05, 3.63) is 144 Å². The molecule has 0 N–H and O–H groups in total. The van der Waals surface area contributed by atoms with E-state index >= 15 is 0 Å². The Morgan fingerprint density at radius 2 is 1.45 bits per heavy atom. The molecule has 4 aliphatic carbocycles. The molecule has 2 aromatic rings. The Kier molecular flexibility index (Phi) is 8.04. The molecule has 6 rings (SSSR count). The van der Waals surface area contributed by atoms with Crippen molar-refractivity contribution in [1.29, 1.82) is 0 Å². The van der Waals surface area contributed by atoms with Gasteiger partial charge in [0, 0.05) is 28.8 Å². The third kappa shape index (κ3) is 5.87. The molecular formula is C38H42N2. The van der Waals surface area contributed by atoms with Crippen LogP contribution in [-0.2, 0) is 0 Å². The molecule has 2 aromatic carbocycles. The highest BCUT2D eigenvalue weighted by atomic mass is 15.2. The molecule has 4 atom stereocenters. The van der Waals surface area contributed by atoms with E-state index < -0.39 is 0 Å². The van der Waals surface area contributed by atoms with E-state index in [1.165, 1.54) is 46.8 Å². The van der Waals surface area contributed by atoms with E-state index in [-0.39, 0.29) is 0 Å². The van der Waals surface area contributed by atoms with Gasteiger partial charge in [0.05, 0.1) is 6.04 Å². The van der Waals surface area contributed by atoms with Gasteiger partial charge in [0.15, 0.2) is 0 Å². The van der Waals surface area contributed by atoms with Crippen molar-refractivity contribution in [1.82, 2.24) is 0 Å². The van der Waals surface area contributed by atoms with Crippen LogP contribution in [0.3, 0.4) is 0 Å².